The van der Waals surface area contributed by atoms with Crippen LogP contribution in [0.4, 0.5) is 0 Å². The standard InChI is InChI=1S/C20H24ClNO3/c1-4-12-25-18-11-10-15(13-19(18)24-5-2)20(23)22(3)14-16-8-6-7-9-17(16)21/h6-11,13H,4-5,12,14H2,1-3H3. The molecule has 2 aromatic rings. The maximum atomic E-state index is 12.7. The summed E-state index contributed by atoms with van der Waals surface area (Å²) in [6, 6.07) is 12.8. The molecule has 0 fully saturated rings. The molecule has 134 valence electrons. The Bertz CT molecular complexity index is 718. The Kier molecular flexibility index (Phi) is 7.14. The van der Waals surface area contributed by atoms with Crippen LogP contribution < -0.4 is 9.47 Å². The van der Waals surface area contributed by atoms with Crippen molar-refractivity contribution in [1.29, 1.82) is 0 Å². The van der Waals surface area contributed by atoms with E-state index in [1.807, 2.05) is 38.1 Å². The molecule has 2 aromatic carbocycles. The highest BCUT2D eigenvalue weighted by atomic mass is 35.5. The summed E-state index contributed by atoms with van der Waals surface area (Å²) in [4.78, 5) is 14.4. The first-order chi connectivity index (χ1) is 12.1. The van der Waals surface area contributed by atoms with Crippen molar-refractivity contribution in [1.82, 2.24) is 4.90 Å². The molecule has 1 amide bonds. The molecule has 0 unspecified atom stereocenters. The van der Waals surface area contributed by atoms with Gasteiger partial charge in [-0.1, -0.05) is 36.7 Å². The summed E-state index contributed by atoms with van der Waals surface area (Å²) < 4.78 is 11.3. The average molecular weight is 362 g/mol. The fraction of sp³-hybridized carbons (Fsp3) is 0.350. The smallest absolute Gasteiger partial charge is 0.254 e. The Labute approximate surface area is 154 Å². The van der Waals surface area contributed by atoms with E-state index < -0.39 is 0 Å². The molecule has 0 aliphatic carbocycles. The van der Waals surface area contributed by atoms with Gasteiger partial charge in [0.1, 0.15) is 0 Å². The van der Waals surface area contributed by atoms with Gasteiger partial charge < -0.3 is 14.4 Å². The van der Waals surface area contributed by atoms with Gasteiger partial charge in [0.25, 0.3) is 5.91 Å². The number of hydrogen-bond acceptors (Lipinski definition) is 3. The molecule has 0 heterocycles. The topological polar surface area (TPSA) is 38.8 Å². The number of halogens is 1. The van der Waals surface area contributed by atoms with Crippen molar-refractivity contribution in [3.63, 3.8) is 0 Å². The SMILES string of the molecule is CCCOc1ccc(C(=O)N(C)Cc2ccccc2Cl)cc1OCC. The number of ether oxygens (including phenoxy) is 2. The quantitative estimate of drug-likeness (QED) is 0.678. The van der Waals surface area contributed by atoms with Gasteiger partial charge >= 0.3 is 0 Å². The lowest BCUT2D eigenvalue weighted by molar-refractivity contribution is 0.0784. The molecule has 5 heteroatoms. The summed E-state index contributed by atoms with van der Waals surface area (Å²) >= 11 is 6.18. The van der Waals surface area contributed by atoms with Crippen LogP contribution in [-0.2, 0) is 6.54 Å². The van der Waals surface area contributed by atoms with Crippen LogP contribution in [0.25, 0.3) is 0 Å². The molecule has 0 aliphatic rings. The van der Waals surface area contributed by atoms with Crippen LogP contribution in [0.15, 0.2) is 42.5 Å². The first-order valence-electron chi connectivity index (χ1n) is 8.45. The molecule has 0 saturated heterocycles. The maximum Gasteiger partial charge on any atom is 0.254 e. The first kappa shape index (κ1) is 19.1. The maximum absolute atomic E-state index is 12.7. The summed E-state index contributed by atoms with van der Waals surface area (Å²) in [5.74, 6) is 1.16. The minimum atomic E-state index is -0.0945. The molecule has 0 N–H and O–H groups in total. The van der Waals surface area contributed by atoms with Gasteiger partial charge in [-0.15, -0.1) is 0 Å². The molecule has 0 bridgehead atoms. The largest absolute Gasteiger partial charge is 0.490 e. The Morgan fingerprint density at radius 1 is 1.08 bits per heavy atom. The van der Waals surface area contributed by atoms with Crippen LogP contribution in [0.3, 0.4) is 0 Å². The molecule has 0 aromatic heterocycles. The molecule has 0 saturated carbocycles. The molecule has 25 heavy (non-hydrogen) atoms. The Hall–Kier alpha value is -2.20. The number of carbonyl (C=O) groups excluding carboxylic acids is 1. The van der Waals surface area contributed by atoms with E-state index in [2.05, 4.69) is 0 Å². The Morgan fingerprint density at radius 3 is 2.52 bits per heavy atom. The van der Waals surface area contributed by atoms with E-state index in [0.717, 1.165) is 12.0 Å². The summed E-state index contributed by atoms with van der Waals surface area (Å²) in [7, 11) is 1.76. The van der Waals surface area contributed by atoms with Crippen LogP contribution in [0, 0.1) is 0 Å². The summed E-state index contributed by atoms with van der Waals surface area (Å²) in [6.45, 7) is 5.51. The zero-order chi connectivity index (χ0) is 18.2. The van der Waals surface area contributed by atoms with E-state index in [-0.39, 0.29) is 5.91 Å². The van der Waals surface area contributed by atoms with E-state index in [1.165, 1.54) is 0 Å². The Morgan fingerprint density at radius 2 is 1.84 bits per heavy atom. The van der Waals surface area contributed by atoms with E-state index in [9.17, 15) is 4.79 Å². The van der Waals surface area contributed by atoms with Gasteiger partial charge in [0.05, 0.1) is 13.2 Å². The number of hydrogen-bond donors (Lipinski definition) is 0. The molecule has 0 aliphatic heterocycles. The van der Waals surface area contributed by atoms with Gasteiger partial charge in [0.15, 0.2) is 11.5 Å². The van der Waals surface area contributed by atoms with Crippen molar-refractivity contribution >= 4 is 17.5 Å². The predicted octanol–water partition coefficient (Wildman–Crippen LogP) is 4.80. The minimum Gasteiger partial charge on any atom is -0.490 e. The van der Waals surface area contributed by atoms with Gasteiger partial charge in [0.2, 0.25) is 0 Å². The van der Waals surface area contributed by atoms with Crippen LogP contribution >= 0.6 is 11.6 Å². The number of carbonyl (C=O) groups is 1. The molecule has 0 atom stereocenters. The zero-order valence-corrected chi connectivity index (χ0v) is 15.7. The van der Waals surface area contributed by atoms with Crippen LogP contribution in [0.2, 0.25) is 5.02 Å². The predicted molar refractivity (Wildman–Crippen MR) is 101 cm³/mol. The Balaban J connectivity index is 2.17. The highest BCUT2D eigenvalue weighted by Crippen LogP contribution is 2.29. The zero-order valence-electron chi connectivity index (χ0n) is 14.9. The minimum absolute atomic E-state index is 0.0945. The molecular formula is C20H24ClNO3. The number of benzene rings is 2. The highest BCUT2D eigenvalue weighted by Gasteiger charge is 2.16. The van der Waals surface area contributed by atoms with Crippen molar-refractivity contribution < 1.29 is 14.3 Å². The third kappa shape index (κ3) is 5.13. The summed E-state index contributed by atoms with van der Waals surface area (Å²) in [5, 5.41) is 0.653. The third-order valence-corrected chi connectivity index (χ3v) is 4.03. The van der Waals surface area contributed by atoms with Crippen LogP contribution in [-0.4, -0.2) is 31.1 Å². The second-order valence-corrected chi connectivity index (χ2v) is 6.10. The lowest BCUT2D eigenvalue weighted by atomic mass is 10.1. The van der Waals surface area contributed by atoms with E-state index in [4.69, 9.17) is 21.1 Å². The molecule has 0 radical (unpaired) electrons. The second-order valence-electron chi connectivity index (χ2n) is 5.70. The van der Waals surface area contributed by atoms with Crippen LogP contribution in [0.1, 0.15) is 36.2 Å². The molecular weight excluding hydrogens is 338 g/mol. The van der Waals surface area contributed by atoms with Crippen molar-refractivity contribution in [3.05, 3.63) is 58.6 Å². The average Bonchev–Trinajstić information content (AvgIpc) is 2.62. The van der Waals surface area contributed by atoms with Crippen molar-refractivity contribution in [2.75, 3.05) is 20.3 Å². The van der Waals surface area contributed by atoms with Gasteiger partial charge in [-0.3, -0.25) is 4.79 Å². The van der Waals surface area contributed by atoms with Gasteiger partial charge in [-0.25, -0.2) is 0 Å². The second kappa shape index (κ2) is 9.33. The number of rotatable bonds is 8. The third-order valence-electron chi connectivity index (χ3n) is 3.66. The molecule has 4 nitrogen and oxygen atoms in total. The van der Waals surface area contributed by atoms with E-state index >= 15 is 0 Å². The van der Waals surface area contributed by atoms with Crippen molar-refractivity contribution in [2.45, 2.75) is 26.8 Å². The lowest BCUT2D eigenvalue weighted by Gasteiger charge is -2.19. The van der Waals surface area contributed by atoms with Gasteiger partial charge in [-0.05, 0) is 43.2 Å². The highest BCUT2D eigenvalue weighted by molar-refractivity contribution is 6.31. The monoisotopic (exact) mass is 361 g/mol. The molecule has 0 spiro atoms. The number of amides is 1. The summed E-state index contributed by atoms with van der Waals surface area (Å²) in [6.07, 6.45) is 0.910. The normalized spacial score (nSPS) is 10.4. The molecule has 2 rings (SSSR count). The fourth-order valence-electron chi connectivity index (χ4n) is 2.41. The first-order valence-corrected chi connectivity index (χ1v) is 8.83. The van der Waals surface area contributed by atoms with E-state index in [1.54, 1.807) is 30.1 Å². The van der Waals surface area contributed by atoms with Gasteiger partial charge in [-0.2, -0.15) is 0 Å². The van der Waals surface area contributed by atoms with Crippen molar-refractivity contribution in [2.24, 2.45) is 0 Å². The summed E-state index contributed by atoms with van der Waals surface area (Å²) in [5.41, 5.74) is 1.47. The lowest BCUT2D eigenvalue weighted by Crippen LogP contribution is -2.26. The van der Waals surface area contributed by atoms with Gasteiger partial charge in [0, 0.05) is 24.2 Å². The van der Waals surface area contributed by atoms with Crippen LogP contribution in [0.5, 0.6) is 11.5 Å². The number of nitrogens with zero attached hydrogens (tertiary/aromatic N) is 1. The fourth-order valence-corrected chi connectivity index (χ4v) is 2.61. The van der Waals surface area contributed by atoms with E-state index in [0.29, 0.717) is 41.8 Å². The van der Waals surface area contributed by atoms with Crippen molar-refractivity contribution in [3.8, 4) is 11.5 Å².